The van der Waals surface area contributed by atoms with E-state index in [1.54, 1.807) is 0 Å². The molecule has 19 heavy (non-hydrogen) atoms. The van der Waals surface area contributed by atoms with Crippen LogP contribution in [0.2, 0.25) is 0 Å². The Balaban J connectivity index is 2.09. The van der Waals surface area contributed by atoms with Gasteiger partial charge in [0.25, 0.3) is 0 Å². The lowest BCUT2D eigenvalue weighted by Crippen LogP contribution is -2.18. The maximum Gasteiger partial charge on any atom is 0.0476 e. The first kappa shape index (κ1) is 14.4. The van der Waals surface area contributed by atoms with Gasteiger partial charge in [0.1, 0.15) is 0 Å². The highest BCUT2D eigenvalue weighted by atomic mass is 127. The fourth-order valence-corrected chi connectivity index (χ4v) is 2.84. The Bertz CT molecular complexity index is 508. The highest BCUT2D eigenvalue weighted by molar-refractivity contribution is 14.1. The van der Waals surface area contributed by atoms with Gasteiger partial charge in [0.05, 0.1) is 0 Å². The predicted octanol–water partition coefficient (Wildman–Crippen LogP) is 5.14. The van der Waals surface area contributed by atoms with E-state index in [2.05, 4.69) is 96.4 Å². The number of benzene rings is 2. The lowest BCUT2D eigenvalue weighted by Gasteiger charge is -2.22. The van der Waals surface area contributed by atoms with E-state index in [1.807, 2.05) is 0 Å². The average molecular weight is 365 g/mol. The van der Waals surface area contributed by atoms with Gasteiger partial charge in [-0.3, -0.25) is 0 Å². The van der Waals surface area contributed by atoms with E-state index >= 15 is 0 Å². The summed E-state index contributed by atoms with van der Waals surface area (Å²) in [6.45, 7) is 5.55. The molecule has 0 bridgehead atoms. The predicted molar refractivity (Wildman–Crippen MR) is 91.7 cm³/mol. The van der Waals surface area contributed by atoms with Crippen LogP contribution in [-0.2, 0) is 0 Å². The molecule has 0 aliphatic carbocycles. The van der Waals surface area contributed by atoms with Crippen LogP contribution in [0, 0.1) is 9.49 Å². The molecule has 1 nitrogen and oxygen atoms in total. The van der Waals surface area contributed by atoms with Gasteiger partial charge in [0.2, 0.25) is 0 Å². The number of halogens is 1. The monoisotopic (exact) mass is 365 g/mol. The van der Waals surface area contributed by atoms with Gasteiger partial charge in [-0.05, 0) is 46.2 Å². The zero-order valence-corrected chi connectivity index (χ0v) is 13.6. The molecule has 0 aromatic heterocycles. The van der Waals surface area contributed by atoms with Gasteiger partial charge in [-0.2, -0.15) is 0 Å². The molecule has 2 aromatic carbocycles. The van der Waals surface area contributed by atoms with E-state index in [1.165, 1.54) is 14.8 Å². The average Bonchev–Trinajstić information content (AvgIpc) is 2.42. The second-order valence-electron chi connectivity index (χ2n) is 5.12. The van der Waals surface area contributed by atoms with Crippen LogP contribution in [0.25, 0.3) is 0 Å². The lowest BCUT2D eigenvalue weighted by atomic mass is 9.88. The molecule has 0 amide bonds. The van der Waals surface area contributed by atoms with Gasteiger partial charge >= 0.3 is 0 Å². The third-order valence-corrected chi connectivity index (χ3v) is 4.36. The normalized spacial score (nSPS) is 12.4. The number of hydrogen-bond donors (Lipinski definition) is 1. The zero-order chi connectivity index (χ0) is 13.7. The van der Waals surface area contributed by atoms with Crippen molar-refractivity contribution in [2.75, 3.05) is 11.9 Å². The van der Waals surface area contributed by atoms with Crippen LogP contribution >= 0.6 is 22.6 Å². The highest BCUT2D eigenvalue weighted by Crippen LogP contribution is 2.26. The molecule has 1 N–H and O–H groups in total. The maximum atomic E-state index is 3.59. The summed E-state index contributed by atoms with van der Waals surface area (Å²) in [5, 5.41) is 3.59. The molecule has 2 rings (SSSR count). The molecule has 0 fully saturated rings. The highest BCUT2D eigenvalue weighted by Gasteiger charge is 2.15. The van der Waals surface area contributed by atoms with Crippen LogP contribution in [0.15, 0.2) is 54.6 Å². The minimum Gasteiger partial charge on any atom is -0.384 e. The van der Waals surface area contributed by atoms with Crippen molar-refractivity contribution in [1.82, 2.24) is 0 Å². The first-order valence-corrected chi connectivity index (χ1v) is 7.79. The Morgan fingerprint density at radius 2 is 1.58 bits per heavy atom. The van der Waals surface area contributed by atoms with Crippen molar-refractivity contribution in [2.45, 2.75) is 19.8 Å². The van der Waals surface area contributed by atoms with Crippen LogP contribution in [0.3, 0.4) is 0 Å². The van der Waals surface area contributed by atoms with Crippen molar-refractivity contribution in [3.8, 4) is 0 Å². The quantitative estimate of drug-likeness (QED) is 0.724. The molecule has 0 saturated heterocycles. The molecule has 1 atom stereocenters. The van der Waals surface area contributed by atoms with E-state index in [0.717, 1.165) is 6.54 Å². The van der Waals surface area contributed by atoms with Gasteiger partial charge in [0.15, 0.2) is 0 Å². The topological polar surface area (TPSA) is 12.0 Å². The molecule has 0 heterocycles. The van der Waals surface area contributed by atoms with Gasteiger partial charge < -0.3 is 5.32 Å². The second kappa shape index (κ2) is 6.94. The number of hydrogen-bond acceptors (Lipinski definition) is 1. The van der Waals surface area contributed by atoms with Crippen molar-refractivity contribution in [1.29, 1.82) is 0 Å². The Morgan fingerprint density at radius 3 is 2.21 bits per heavy atom. The van der Waals surface area contributed by atoms with Crippen LogP contribution in [0.5, 0.6) is 0 Å². The summed E-state index contributed by atoms with van der Waals surface area (Å²) >= 11 is 2.38. The summed E-state index contributed by atoms with van der Waals surface area (Å²) in [5.41, 5.74) is 2.64. The Kier molecular flexibility index (Phi) is 5.25. The molecule has 0 radical (unpaired) electrons. The van der Waals surface area contributed by atoms with Crippen LogP contribution in [-0.4, -0.2) is 6.54 Å². The van der Waals surface area contributed by atoms with Crippen LogP contribution in [0.4, 0.5) is 5.69 Å². The smallest absolute Gasteiger partial charge is 0.0476 e. The molecule has 2 heteroatoms. The third kappa shape index (κ3) is 3.96. The zero-order valence-electron chi connectivity index (χ0n) is 11.4. The van der Waals surface area contributed by atoms with Gasteiger partial charge in [-0.1, -0.05) is 56.3 Å². The number of para-hydroxylation sites is 1. The Morgan fingerprint density at radius 1 is 0.947 bits per heavy atom. The molecule has 0 aliphatic rings. The summed E-state index contributed by atoms with van der Waals surface area (Å²) in [6.07, 6.45) is 0. The van der Waals surface area contributed by atoms with Gasteiger partial charge in [0, 0.05) is 21.7 Å². The first-order chi connectivity index (χ1) is 9.18. The summed E-state index contributed by atoms with van der Waals surface area (Å²) in [6, 6.07) is 19.2. The fourth-order valence-electron chi connectivity index (χ4n) is 2.26. The van der Waals surface area contributed by atoms with Crippen molar-refractivity contribution in [3.05, 3.63) is 63.7 Å². The number of nitrogens with one attached hydrogen (secondary N) is 1. The van der Waals surface area contributed by atoms with E-state index in [-0.39, 0.29) is 0 Å². The standard InChI is InChI=1S/C17H20IN/c1-13(2)15(14-8-4-3-5-9-14)12-19-17-11-7-6-10-16(17)18/h3-11,13,15,19H,12H2,1-2H3. The number of anilines is 1. The molecular formula is C17H20IN. The van der Waals surface area contributed by atoms with E-state index in [4.69, 9.17) is 0 Å². The molecule has 100 valence electrons. The summed E-state index contributed by atoms with van der Waals surface area (Å²) in [4.78, 5) is 0. The summed E-state index contributed by atoms with van der Waals surface area (Å²) < 4.78 is 1.27. The van der Waals surface area contributed by atoms with Crippen molar-refractivity contribution < 1.29 is 0 Å². The van der Waals surface area contributed by atoms with Gasteiger partial charge in [-0.15, -0.1) is 0 Å². The van der Waals surface area contributed by atoms with E-state index in [9.17, 15) is 0 Å². The van der Waals surface area contributed by atoms with E-state index < -0.39 is 0 Å². The lowest BCUT2D eigenvalue weighted by molar-refractivity contribution is 0.517. The minimum atomic E-state index is 0.539. The third-order valence-electron chi connectivity index (χ3n) is 3.42. The summed E-state index contributed by atoms with van der Waals surface area (Å²) in [7, 11) is 0. The molecule has 0 aliphatic heterocycles. The SMILES string of the molecule is CC(C)C(CNc1ccccc1I)c1ccccc1. The van der Waals surface area contributed by atoms with Crippen LogP contribution < -0.4 is 5.32 Å². The summed E-state index contributed by atoms with van der Waals surface area (Å²) in [5.74, 6) is 1.16. The second-order valence-corrected chi connectivity index (χ2v) is 6.28. The molecule has 2 aromatic rings. The fraction of sp³-hybridized carbons (Fsp3) is 0.294. The Hall–Kier alpha value is -1.03. The van der Waals surface area contributed by atoms with Crippen molar-refractivity contribution in [3.63, 3.8) is 0 Å². The Labute approximate surface area is 129 Å². The van der Waals surface area contributed by atoms with E-state index in [0.29, 0.717) is 11.8 Å². The largest absolute Gasteiger partial charge is 0.384 e. The van der Waals surface area contributed by atoms with Gasteiger partial charge in [-0.25, -0.2) is 0 Å². The maximum absolute atomic E-state index is 3.59. The molecule has 0 saturated carbocycles. The molecular weight excluding hydrogens is 345 g/mol. The van der Waals surface area contributed by atoms with Crippen LogP contribution in [0.1, 0.15) is 25.3 Å². The molecule has 0 spiro atoms. The van der Waals surface area contributed by atoms with Crippen molar-refractivity contribution in [2.24, 2.45) is 5.92 Å². The molecule has 1 unspecified atom stereocenters. The number of rotatable bonds is 5. The minimum absolute atomic E-state index is 0.539. The van der Waals surface area contributed by atoms with Crippen molar-refractivity contribution >= 4 is 28.3 Å². The first-order valence-electron chi connectivity index (χ1n) is 6.72.